The van der Waals surface area contributed by atoms with Gasteiger partial charge in [0.05, 0.1) is 11.4 Å². The van der Waals surface area contributed by atoms with Gasteiger partial charge < -0.3 is 0 Å². The summed E-state index contributed by atoms with van der Waals surface area (Å²) in [5.74, 6) is 2.21. The predicted molar refractivity (Wildman–Crippen MR) is 165 cm³/mol. The molecule has 0 bridgehead atoms. The fraction of sp³-hybridized carbons (Fsp3) is 0. The molecule has 3 heterocycles. The van der Waals surface area contributed by atoms with Crippen LogP contribution < -0.4 is 4.90 Å². The van der Waals surface area contributed by atoms with Crippen molar-refractivity contribution >= 4 is 28.1 Å². The average Bonchev–Trinajstić information content (AvgIpc) is 3.06. The molecule has 192 valence electrons. The zero-order valence-electron chi connectivity index (χ0n) is 22.0. The number of hydrogen-bond donors (Lipinski definition) is 0. The van der Waals surface area contributed by atoms with Crippen LogP contribution in [0.25, 0.3) is 55.7 Å². The standard InChI is InChI=1S/C36H23N5/c1-4-11-24(12-5-1)28-19-27-17-10-18-32-34(27)29(20-28)30-22-37-23-38-36(30)41(32)33-21-31(25-13-6-2-7-14-25)39-35(40-33)26-15-8-3-9-16-26/h1-23H. The normalized spacial score (nSPS) is 11.9. The Morgan fingerprint density at radius 2 is 1.24 bits per heavy atom. The fourth-order valence-corrected chi connectivity index (χ4v) is 5.66. The molecule has 8 rings (SSSR count). The molecule has 7 aromatic rings. The quantitative estimate of drug-likeness (QED) is 0.230. The lowest BCUT2D eigenvalue weighted by atomic mass is 9.90. The predicted octanol–water partition coefficient (Wildman–Crippen LogP) is 8.87. The summed E-state index contributed by atoms with van der Waals surface area (Å²) in [6, 6.07) is 43.8. The molecule has 1 aliphatic rings. The molecule has 0 unspecified atom stereocenters. The molecule has 0 radical (unpaired) electrons. The second-order valence-corrected chi connectivity index (χ2v) is 10.0. The van der Waals surface area contributed by atoms with E-state index in [4.69, 9.17) is 15.0 Å². The van der Waals surface area contributed by atoms with Crippen LogP contribution in [0, 0.1) is 0 Å². The summed E-state index contributed by atoms with van der Waals surface area (Å²) in [6.07, 6.45) is 3.52. The minimum absolute atomic E-state index is 0.662. The zero-order valence-corrected chi connectivity index (χ0v) is 22.0. The van der Waals surface area contributed by atoms with E-state index in [9.17, 15) is 0 Å². The molecule has 0 saturated carbocycles. The van der Waals surface area contributed by atoms with Crippen molar-refractivity contribution in [1.82, 2.24) is 19.9 Å². The lowest BCUT2D eigenvalue weighted by Gasteiger charge is -2.31. The Morgan fingerprint density at radius 1 is 0.537 bits per heavy atom. The molecular weight excluding hydrogens is 502 g/mol. The molecule has 5 heteroatoms. The highest BCUT2D eigenvalue weighted by Crippen LogP contribution is 2.50. The molecular formula is C36H23N5. The SMILES string of the molecule is c1ccc(-c2cc3c4c(cccc4c2)N(c2cc(-c4ccccc4)nc(-c4ccccc4)n2)c2ncncc2-3)cc1. The van der Waals surface area contributed by atoms with Crippen molar-refractivity contribution in [3.05, 3.63) is 140 Å². The molecule has 0 atom stereocenters. The molecule has 0 aliphatic carbocycles. The second kappa shape index (κ2) is 9.50. The summed E-state index contributed by atoms with van der Waals surface area (Å²) in [5.41, 5.74) is 8.28. The van der Waals surface area contributed by atoms with Gasteiger partial charge >= 0.3 is 0 Å². The van der Waals surface area contributed by atoms with Crippen molar-refractivity contribution in [1.29, 1.82) is 0 Å². The zero-order chi connectivity index (χ0) is 27.2. The van der Waals surface area contributed by atoms with Gasteiger partial charge in [-0.1, -0.05) is 103 Å². The molecule has 0 fully saturated rings. The van der Waals surface area contributed by atoms with Crippen LogP contribution in [0.1, 0.15) is 0 Å². The van der Waals surface area contributed by atoms with Gasteiger partial charge in [0, 0.05) is 34.3 Å². The molecule has 2 aromatic heterocycles. The van der Waals surface area contributed by atoms with Crippen LogP contribution in [0.4, 0.5) is 17.3 Å². The van der Waals surface area contributed by atoms with Gasteiger partial charge in [-0.25, -0.2) is 19.9 Å². The minimum atomic E-state index is 0.662. The molecule has 0 saturated heterocycles. The molecule has 5 nitrogen and oxygen atoms in total. The molecule has 41 heavy (non-hydrogen) atoms. The summed E-state index contributed by atoms with van der Waals surface area (Å²) in [4.78, 5) is 21.5. The van der Waals surface area contributed by atoms with Gasteiger partial charge in [0.1, 0.15) is 18.0 Å². The Bertz CT molecular complexity index is 1980. The summed E-state index contributed by atoms with van der Waals surface area (Å²) >= 11 is 0. The molecule has 5 aromatic carbocycles. The van der Waals surface area contributed by atoms with E-state index in [-0.39, 0.29) is 0 Å². The van der Waals surface area contributed by atoms with E-state index in [1.54, 1.807) is 6.33 Å². The number of anilines is 3. The first kappa shape index (κ1) is 23.2. The first-order valence-electron chi connectivity index (χ1n) is 13.6. The number of rotatable bonds is 4. The maximum atomic E-state index is 5.13. The Kier molecular flexibility index (Phi) is 5.38. The van der Waals surface area contributed by atoms with E-state index >= 15 is 0 Å². The summed E-state index contributed by atoms with van der Waals surface area (Å²) in [6.45, 7) is 0. The highest BCUT2D eigenvalue weighted by molar-refractivity contribution is 6.14. The largest absolute Gasteiger partial charge is 0.278 e. The van der Waals surface area contributed by atoms with E-state index < -0.39 is 0 Å². The smallest absolute Gasteiger partial charge is 0.162 e. The van der Waals surface area contributed by atoms with Crippen molar-refractivity contribution in [2.24, 2.45) is 0 Å². The summed E-state index contributed by atoms with van der Waals surface area (Å²) < 4.78 is 0. The Balaban J connectivity index is 1.41. The first-order valence-corrected chi connectivity index (χ1v) is 13.6. The topological polar surface area (TPSA) is 54.8 Å². The van der Waals surface area contributed by atoms with Gasteiger partial charge in [-0.15, -0.1) is 0 Å². The first-order chi connectivity index (χ1) is 20.3. The van der Waals surface area contributed by atoms with E-state index in [0.717, 1.165) is 61.6 Å². The van der Waals surface area contributed by atoms with Crippen molar-refractivity contribution < 1.29 is 0 Å². The third-order valence-corrected chi connectivity index (χ3v) is 7.54. The minimum Gasteiger partial charge on any atom is -0.278 e. The summed E-state index contributed by atoms with van der Waals surface area (Å²) in [5, 5.41) is 2.30. The monoisotopic (exact) mass is 525 g/mol. The molecule has 0 amide bonds. The average molecular weight is 526 g/mol. The maximum absolute atomic E-state index is 5.13. The molecule has 0 N–H and O–H groups in total. The van der Waals surface area contributed by atoms with Crippen LogP contribution in [0.3, 0.4) is 0 Å². The van der Waals surface area contributed by atoms with E-state index in [0.29, 0.717) is 5.82 Å². The van der Waals surface area contributed by atoms with Gasteiger partial charge in [0.15, 0.2) is 5.82 Å². The number of nitrogens with zero attached hydrogens (tertiary/aromatic N) is 5. The fourth-order valence-electron chi connectivity index (χ4n) is 5.66. The number of benzene rings is 5. The van der Waals surface area contributed by atoms with Crippen LogP contribution in [0.5, 0.6) is 0 Å². The van der Waals surface area contributed by atoms with Gasteiger partial charge in [-0.3, -0.25) is 4.90 Å². The van der Waals surface area contributed by atoms with E-state index in [1.807, 2.05) is 60.8 Å². The highest BCUT2D eigenvalue weighted by atomic mass is 15.3. The van der Waals surface area contributed by atoms with Crippen molar-refractivity contribution in [2.45, 2.75) is 0 Å². The van der Waals surface area contributed by atoms with Crippen LogP contribution in [-0.4, -0.2) is 19.9 Å². The Morgan fingerprint density at radius 3 is 2.00 bits per heavy atom. The van der Waals surface area contributed by atoms with Gasteiger partial charge in [0.25, 0.3) is 0 Å². The van der Waals surface area contributed by atoms with Crippen molar-refractivity contribution in [3.8, 4) is 44.9 Å². The van der Waals surface area contributed by atoms with Crippen LogP contribution >= 0.6 is 0 Å². The third kappa shape index (κ3) is 3.95. The third-order valence-electron chi connectivity index (χ3n) is 7.54. The van der Waals surface area contributed by atoms with Gasteiger partial charge in [0.2, 0.25) is 0 Å². The molecule has 1 aliphatic heterocycles. The van der Waals surface area contributed by atoms with Crippen LogP contribution in [-0.2, 0) is 0 Å². The van der Waals surface area contributed by atoms with E-state index in [2.05, 4.69) is 82.7 Å². The van der Waals surface area contributed by atoms with E-state index in [1.165, 1.54) is 5.56 Å². The molecule has 0 spiro atoms. The van der Waals surface area contributed by atoms with Gasteiger partial charge in [-0.2, -0.15) is 0 Å². The Labute approximate surface area is 237 Å². The van der Waals surface area contributed by atoms with Gasteiger partial charge in [-0.05, 0) is 40.3 Å². The van der Waals surface area contributed by atoms with Crippen molar-refractivity contribution in [3.63, 3.8) is 0 Å². The number of hydrogen-bond acceptors (Lipinski definition) is 5. The number of aromatic nitrogens is 4. The lowest BCUT2D eigenvalue weighted by Crippen LogP contribution is -2.18. The number of fused-ring (bicyclic) bond motifs is 2. The lowest BCUT2D eigenvalue weighted by molar-refractivity contribution is 1.07. The Hall–Kier alpha value is -5.68. The second-order valence-electron chi connectivity index (χ2n) is 10.0. The van der Waals surface area contributed by atoms with Crippen molar-refractivity contribution in [2.75, 3.05) is 4.90 Å². The summed E-state index contributed by atoms with van der Waals surface area (Å²) in [7, 11) is 0. The highest BCUT2D eigenvalue weighted by Gasteiger charge is 2.29. The van der Waals surface area contributed by atoms with Crippen LogP contribution in [0.15, 0.2) is 140 Å². The maximum Gasteiger partial charge on any atom is 0.162 e. The van der Waals surface area contributed by atoms with Crippen LogP contribution in [0.2, 0.25) is 0 Å².